The Balaban J connectivity index is 1.64. The zero-order valence-corrected chi connectivity index (χ0v) is 12.3. The number of amides is 1. The summed E-state index contributed by atoms with van der Waals surface area (Å²) in [6, 6.07) is 9.41. The zero-order valence-electron chi connectivity index (χ0n) is 11.6. The molecule has 5 heteroatoms. The fraction of sp³-hybridized carbons (Fsp3) is 0.533. The van der Waals surface area contributed by atoms with Crippen molar-refractivity contribution in [3.05, 3.63) is 35.9 Å². The van der Waals surface area contributed by atoms with Crippen LogP contribution in [0.1, 0.15) is 17.4 Å². The van der Waals surface area contributed by atoms with E-state index in [2.05, 4.69) is 10.2 Å². The van der Waals surface area contributed by atoms with Gasteiger partial charge in [-0.2, -0.15) is 0 Å². The summed E-state index contributed by atoms with van der Waals surface area (Å²) in [6.07, 6.45) is 0.935. The first-order chi connectivity index (χ1) is 9.77. The molecule has 0 saturated carbocycles. The van der Waals surface area contributed by atoms with E-state index in [4.69, 9.17) is 16.3 Å². The third kappa shape index (κ3) is 4.78. The predicted molar refractivity (Wildman–Crippen MR) is 79.9 cm³/mol. The first-order valence-corrected chi connectivity index (χ1v) is 7.48. The Morgan fingerprint density at radius 3 is 2.70 bits per heavy atom. The second-order valence-electron chi connectivity index (χ2n) is 4.87. The molecule has 0 aliphatic carbocycles. The summed E-state index contributed by atoms with van der Waals surface area (Å²) in [6.45, 7) is 5.23. The van der Waals surface area contributed by atoms with Gasteiger partial charge in [0.2, 0.25) is 5.91 Å². The number of alkyl halides is 1. The molecule has 2 rings (SSSR count). The number of rotatable bonds is 6. The molecule has 4 nitrogen and oxygen atoms in total. The van der Waals surface area contributed by atoms with E-state index < -0.39 is 5.38 Å². The van der Waals surface area contributed by atoms with Crippen molar-refractivity contribution in [1.29, 1.82) is 0 Å². The molecule has 1 amide bonds. The van der Waals surface area contributed by atoms with Crippen molar-refractivity contribution in [3.63, 3.8) is 0 Å². The normalized spacial score (nSPS) is 17.6. The Hall–Kier alpha value is -1.10. The van der Waals surface area contributed by atoms with Crippen LogP contribution in [0, 0.1) is 0 Å². The lowest BCUT2D eigenvalue weighted by molar-refractivity contribution is -0.120. The topological polar surface area (TPSA) is 41.6 Å². The predicted octanol–water partition coefficient (Wildman–Crippen LogP) is 1.80. The van der Waals surface area contributed by atoms with Gasteiger partial charge in [-0.25, -0.2) is 0 Å². The lowest BCUT2D eigenvalue weighted by Crippen LogP contribution is -2.38. The van der Waals surface area contributed by atoms with Gasteiger partial charge in [0.25, 0.3) is 0 Å². The number of hydrogen-bond donors (Lipinski definition) is 1. The molecule has 1 aromatic rings. The molecule has 110 valence electrons. The number of benzene rings is 1. The Labute approximate surface area is 125 Å². The molecule has 1 fully saturated rings. The van der Waals surface area contributed by atoms with Crippen LogP contribution in [0.3, 0.4) is 0 Å². The van der Waals surface area contributed by atoms with Crippen LogP contribution < -0.4 is 5.32 Å². The molecule has 1 aliphatic rings. The maximum absolute atomic E-state index is 11.9. The van der Waals surface area contributed by atoms with Crippen LogP contribution in [-0.4, -0.2) is 50.2 Å². The smallest absolute Gasteiger partial charge is 0.242 e. The van der Waals surface area contributed by atoms with E-state index in [0.29, 0.717) is 6.54 Å². The second kappa shape index (κ2) is 8.25. The van der Waals surface area contributed by atoms with Gasteiger partial charge in [-0.3, -0.25) is 9.69 Å². The number of carbonyl (C=O) groups excluding carboxylic acids is 1. The summed E-state index contributed by atoms with van der Waals surface area (Å²) in [5, 5.41) is 2.28. The van der Waals surface area contributed by atoms with Crippen LogP contribution in [0.5, 0.6) is 0 Å². The highest BCUT2D eigenvalue weighted by molar-refractivity contribution is 6.30. The molecule has 1 atom stereocenters. The monoisotopic (exact) mass is 296 g/mol. The van der Waals surface area contributed by atoms with Crippen LogP contribution in [0.4, 0.5) is 0 Å². The summed E-state index contributed by atoms with van der Waals surface area (Å²) < 4.78 is 5.30. The van der Waals surface area contributed by atoms with E-state index in [1.165, 1.54) is 0 Å². The molecule has 1 N–H and O–H groups in total. The van der Waals surface area contributed by atoms with Crippen LogP contribution in [0.2, 0.25) is 0 Å². The second-order valence-corrected chi connectivity index (χ2v) is 5.31. The van der Waals surface area contributed by atoms with Gasteiger partial charge in [-0.1, -0.05) is 30.3 Å². The molecule has 0 bridgehead atoms. The number of nitrogens with zero attached hydrogens (tertiary/aromatic N) is 1. The van der Waals surface area contributed by atoms with Gasteiger partial charge in [0.1, 0.15) is 5.38 Å². The number of hydrogen-bond acceptors (Lipinski definition) is 3. The number of ether oxygens (including phenoxy) is 1. The summed E-state index contributed by atoms with van der Waals surface area (Å²) in [7, 11) is 0. The maximum Gasteiger partial charge on any atom is 0.242 e. The minimum absolute atomic E-state index is 0.125. The van der Waals surface area contributed by atoms with E-state index in [9.17, 15) is 4.79 Å². The molecule has 1 aromatic carbocycles. The van der Waals surface area contributed by atoms with Gasteiger partial charge < -0.3 is 10.1 Å². The molecule has 20 heavy (non-hydrogen) atoms. The van der Waals surface area contributed by atoms with E-state index in [-0.39, 0.29) is 5.91 Å². The number of nitrogens with one attached hydrogen (secondary N) is 1. The number of halogens is 1. The summed E-state index contributed by atoms with van der Waals surface area (Å²) in [5.74, 6) is -0.125. The lowest BCUT2D eigenvalue weighted by Gasteiger charge is -2.26. The molecule has 1 unspecified atom stereocenters. The fourth-order valence-electron chi connectivity index (χ4n) is 2.20. The highest BCUT2D eigenvalue weighted by atomic mass is 35.5. The Bertz CT molecular complexity index is 408. The fourth-order valence-corrected chi connectivity index (χ4v) is 2.42. The van der Waals surface area contributed by atoms with Crippen molar-refractivity contribution in [1.82, 2.24) is 10.2 Å². The highest BCUT2D eigenvalue weighted by Crippen LogP contribution is 2.19. The molecule has 0 spiro atoms. The lowest BCUT2D eigenvalue weighted by atomic mass is 10.1. The first kappa shape index (κ1) is 15.3. The van der Waals surface area contributed by atoms with E-state index in [1.807, 2.05) is 30.3 Å². The summed E-state index contributed by atoms with van der Waals surface area (Å²) in [5.41, 5.74) is 0.833. The van der Waals surface area contributed by atoms with Crippen molar-refractivity contribution in [2.24, 2.45) is 0 Å². The number of carbonyl (C=O) groups is 1. The SMILES string of the molecule is O=C(NCCCN1CCOCC1)C(Cl)c1ccccc1. The largest absolute Gasteiger partial charge is 0.379 e. The van der Waals surface area contributed by atoms with Crippen molar-refractivity contribution in [3.8, 4) is 0 Å². The molecule has 1 aliphatic heterocycles. The van der Waals surface area contributed by atoms with Gasteiger partial charge in [0.15, 0.2) is 0 Å². The summed E-state index contributed by atoms with van der Waals surface area (Å²) >= 11 is 6.15. The van der Waals surface area contributed by atoms with E-state index in [0.717, 1.165) is 44.8 Å². The van der Waals surface area contributed by atoms with Crippen LogP contribution in [-0.2, 0) is 9.53 Å². The quantitative estimate of drug-likeness (QED) is 0.643. The molecule has 1 saturated heterocycles. The molecule has 1 heterocycles. The Morgan fingerprint density at radius 2 is 2.00 bits per heavy atom. The van der Waals surface area contributed by atoms with Crippen LogP contribution in [0.25, 0.3) is 0 Å². The van der Waals surface area contributed by atoms with Gasteiger partial charge >= 0.3 is 0 Å². The van der Waals surface area contributed by atoms with Crippen molar-refractivity contribution in [2.75, 3.05) is 39.4 Å². The zero-order chi connectivity index (χ0) is 14.2. The van der Waals surface area contributed by atoms with Crippen LogP contribution in [0.15, 0.2) is 30.3 Å². The van der Waals surface area contributed by atoms with Gasteiger partial charge in [0, 0.05) is 19.6 Å². The van der Waals surface area contributed by atoms with E-state index in [1.54, 1.807) is 0 Å². The standard InChI is InChI=1S/C15H21ClN2O2/c16-14(13-5-2-1-3-6-13)15(19)17-7-4-8-18-9-11-20-12-10-18/h1-3,5-6,14H,4,7-12H2,(H,17,19). The van der Waals surface area contributed by atoms with Gasteiger partial charge in [-0.15, -0.1) is 11.6 Å². The molecule has 0 aromatic heterocycles. The highest BCUT2D eigenvalue weighted by Gasteiger charge is 2.16. The van der Waals surface area contributed by atoms with Gasteiger partial charge in [-0.05, 0) is 18.5 Å². The summed E-state index contributed by atoms with van der Waals surface area (Å²) in [4.78, 5) is 14.3. The van der Waals surface area contributed by atoms with Gasteiger partial charge in [0.05, 0.1) is 13.2 Å². The Morgan fingerprint density at radius 1 is 1.30 bits per heavy atom. The third-order valence-electron chi connectivity index (χ3n) is 3.38. The van der Waals surface area contributed by atoms with Crippen LogP contribution >= 0.6 is 11.6 Å². The first-order valence-electron chi connectivity index (χ1n) is 7.04. The minimum atomic E-state index is -0.611. The average Bonchev–Trinajstić information content (AvgIpc) is 2.52. The molecule has 0 radical (unpaired) electrons. The third-order valence-corrected chi connectivity index (χ3v) is 3.83. The maximum atomic E-state index is 11.9. The molecular formula is C15H21ClN2O2. The average molecular weight is 297 g/mol. The van der Waals surface area contributed by atoms with Crippen molar-refractivity contribution >= 4 is 17.5 Å². The van der Waals surface area contributed by atoms with Crippen molar-refractivity contribution in [2.45, 2.75) is 11.8 Å². The number of morpholine rings is 1. The minimum Gasteiger partial charge on any atom is -0.379 e. The molecular weight excluding hydrogens is 276 g/mol. The van der Waals surface area contributed by atoms with E-state index >= 15 is 0 Å². The van der Waals surface area contributed by atoms with Crippen molar-refractivity contribution < 1.29 is 9.53 Å². The Kier molecular flexibility index (Phi) is 6.30.